The van der Waals surface area contributed by atoms with Crippen molar-refractivity contribution in [2.45, 2.75) is 12.8 Å². The Morgan fingerprint density at radius 2 is 2.56 bits per heavy atom. The minimum Gasteiger partial charge on any atom is -0.581 e. The molecule has 0 aromatic heterocycles. The third-order valence-electron chi connectivity index (χ3n) is 1.79. The Labute approximate surface area is 56.6 Å². The number of rotatable bonds is 2. The molecule has 0 spiro atoms. The molecule has 0 aliphatic carbocycles. The van der Waals surface area contributed by atoms with Crippen LogP contribution in [-0.2, 0) is 0 Å². The Bertz CT molecular complexity index is 66.6. The van der Waals surface area contributed by atoms with Crippen LogP contribution in [0.1, 0.15) is 12.8 Å². The van der Waals surface area contributed by atoms with Gasteiger partial charge in [-0.05, 0) is 19.4 Å². The fourth-order valence-electron chi connectivity index (χ4n) is 1.26. The van der Waals surface area contributed by atoms with Crippen LogP contribution in [0.5, 0.6) is 0 Å². The highest BCUT2D eigenvalue weighted by Crippen LogP contribution is 2.08. The van der Waals surface area contributed by atoms with Crippen LogP contribution in [0.25, 0.3) is 0 Å². The van der Waals surface area contributed by atoms with Gasteiger partial charge in [0.25, 0.3) is 0 Å². The zero-order valence-electron chi connectivity index (χ0n) is 5.77. The van der Waals surface area contributed by atoms with Crippen molar-refractivity contribution >= 4 is 0 Å². The third kappa shape index (κ3) is 2.33. The summed E-state index contributed by atoms with van der Waals surface area (Å²) in [5.74, 6) is 0.760. The highest BCUT2D eigenvalue weighted by Gasteiger charge is 2.12. The van der Waals surface area contributed by atoms with Crippen LogP contribution >= 0.6 is 0 Å². The van der Waals surface area contributed by atoms with E-state index in [-0.39, 0.29) is 0 Å². The van der Waals surface area contributed by atoms with Crippen molar-refractivity contribution in [3.8, 4) is 0 Å². The molecule has 1 aliphatic heterocycles. The van der Waals surface area contributed by atoms with Gasteiger partial charge in [0.2, 0.25) is 0 Å². The maximum absolute atomic E-state index is 3.87. The summed E-state index contributed by atoms with van der Waals surface area (Å²) >= 11 is 0. The van der Waals surface area contributed by atoms with E-state index in [2.05, 4.69) is 17.2 Å². The maximum atomic E-state index is 3.87. The van der Waals surface area contributed by atoms with Gasteiger partial charge in [0, 0.05) is 12.5 Å². The quantitative estimate of drug-likeness (QED) is 0.421. The van der Waals surface area contributed by atoms with Crippen molar-refractivity contribution in [1.82, 2.24) is 5.32 Å². The second kappa shape index (κ2) is 3.85. The van der Waals surface area contributed by atoms with E-state index in [0.29, 0.717) is 0 Å². The van der Waals surface area contributed by atoms with Gasteiger partial charge in [-0.3, -0.25) is 0 Å². The molecule has 0 bridgehead atoms. The van der Waals surface area contributed by atoms with E-state index < -0.39 is 0 Å². The number of ether oxygens (including phenoxy) is 1. The van der Waals surface area contributed by atoms with Gasteiger partial charge in [-0.25, -0.2) is 0 Å². The van der Waals surface area contributed by atoms with Gasteiger partial charge in [0.1, 0.15) is 6.61 Å². The summed E-state index contributed by atoms with van der Waals surface area (Å²) in [6.45, 7) is 3.26. The van der Waals surface area contributed by atoms with Gasteiger partial charge in [-0.15, -0.1) is 0 Å². The number of hydrogen-bond donors (Lipinski definition) is 1. The van der Waals surface area contributed by atoms with Gasteiger partial charge >= 0.3 is 0 Å². The van der Waals surface area contributed by atoms with Gasteiger partial charge in [-0.1, -0.05) is 7.11 Å². The fourth-order valence-corrected chi connectivity index (χ4v) is 1.26. The Balaban J connectivity index is 2.08. The highest BCUT2D eigenvalue weighted by atomic mass is 16.5. The van der Waals surface area contributed by atoms with Crippen LogP contribution in [0, 0.1) is 13.0 Å². The lowest BCUT2D eigenvalue weighted by atomic mass is 10.0. The van der Waals surface area contributed by atoms with Crippen LogP contribution in [0.2, 0.25) is 0 Å². The normalized spacial score (nSPS) is 28.3. The lowest BCUT2D eigenvalue weighted by Gasteiger charge is -2.20. The SMILES string of the molecule is [CH2-][OH+]CC1CCCNC1. The molecule has 2 nitrogen and oxygen atoms in total. The first-order valence-corrected chi connectivity index (χ1v) is 3.56. The first-order valence-electron chi connectivity index (χ1n) is 3.56. The molecule has 0 aromatic rings. The molecule has 1 aliphatic rings. The number of piperidine rings is 1. The molecule has 1 heterocycles. The van der Waals surface area contributed by atoms with Crippen molar-refractivity contribution in [2.24, 2.45) is 5.92 Å². The molecule has 9 heavy (non-hydrogen) atoms. The molecule has 2 heteroatoms. The summed E-state index contributed by atoms with van der Waals surface area (Å²) in [4.78, 5) is 0. The van der Waals surface area contributed by atoms with Crippen LogP contribution < -0.4 is 5.32 Å². The second-order valence-corrected chi connectivity index (χ2v) is 2.62. The highest BCUT2D eigenvalue weighted by molar-refractivity contribution is 4.67. The molecule has 1 saturated heterocycles. The molecular weight excluding hydrogens is 114 g/mol. The van der Waals surface area contributed by atoms with E-state index >= 15 is 0 Å². The smallest absolute Gasteiger partial charge is 0.123 e. The van der Waals surface area contributed by atoms with Crippen LogP contribution in [-0.4, -0.2) is 24.4 Å². The van der Waals surface area contributed by atoms with Gasteiger partial charge < -0.3 is 10.1 Å². The summed E-state index contributed by atoms with van der Waals surface area (Å²) in [5.41, 5.74) is 0. The van der Waals surface area contributed by atoms with Crippen molar-refractivity contribution in [1.29, 1.82) is 0 Å². The summed E-state index contributed by atoms with van der Waals surface area (Å²) in [6, 6.07) is 0. The van der Waals surface area contributed by atoms with Gasteiger partial charge in [-0.2, -0.15) is 0 Å². The number of aliphatic hydroxyl groups is 2. The third-order valence-corrected chi connectivity index (χ3v) is 1.79. The molecule has 1 unspecified atom stereocenters. The Kier molecular flexibility index (Phi) is 3.01. The van der Waals surface area contributed by atoms with Gasteiger partial charge in [0.15, 0.2) is 0 Å². The van der Waals surface area contributed by atoms with Crippen LogP contribution in [0.15, 0.2) is 0 Å². The first kappa shape index (κ1) is 7.03. The minimum absolute atomic E-state index is 0.760. The summed E-state index contributed by atoms with van der Waals surface area (Å²) in [7, 11) is 3.48. The molecular formula is C7H15NO. The molecule has 2 N–H and O–H groups in total. The monoisotopic (exact) mass is 129 g/mol. The van der Waals surface area contributed by atoms with Crippen LogP contribution in [0.3, 0.4) is 0 Å². The summed E-state index contributed by atoms with van der Waals surface area (Å²) < 4.78 is 3.87. The van der Waals surface area contributed by atoms with E-state index in [9.17, 15) is 0 Å². The molecule has 1 fully saturated rings. The fraction of sp³-hybridized carbons (Fsp3) is 0.857. The average molecular weight is 129 g/mol. The first-order chi connectivity index (χ1) is 4.43. The molecule has 54 valence electrons. The lowest BCUT2D eigenvalue weighted by molar-refractivity contribution is 0.0192. The average Bonchev–Trinajstić information content (AvgIpc) is 1.91. The Morgan fingerprint density at radius 3 is 3.11 bits per heavy atom. The minimum atomic E-state index is 0.760. The van der Waals surface area contributed by atoms with Crippen molar-refractivity contribution in [2.75, 3.05) is 19.7 Å². The van der Waals surface area contributed by atoms with Gasteiger partial charge in [0.05, 0.1) is 0 Å². The lowest BCUT2D eigenvalue weighted by Crippen LogP contribution is -2.32. The predicted octanol–water partition coefficient (Wildman–Crippen LogP) is 0.306. The largest absolute Gasteiger partial charge is 0.581 e. The molecule has 0 aromatic carbocycles. The predicted molar refractivity (Wildman–Crippen MR) is 38.0 cm³/mol. The topological polar surface area (TPSA) is 24.8 Å². The number of hydrogen-bond acceptors (Lipinski definition) is 1. The molecule has 0 radical (unpaired) electrons. The van der Waals surface area contributed by atoms with Crippen molar-refractivity contribution in [3.63, 3.8) is 0 Å². The summed E-state index contributed by atoms with van der Waals surface area (Å²) in [6.07, 6.45) is 2.63. The van der Waals surface area contributed by atoms with E-state index in [1.165, 1.54) is 19.4 Å². The van der Waals surface area contributed by atoms with E-state index in [1.54, 1.807) is 0 Å². The van der Waals surface area contributed by atoms with E-state index in [0.717, 1.165) is 19.1 Å². The van der Waals surface area contributed by atoms with E-state index in [4.69, 9.17) is 0 Å². The molecule has 0 amide bonds. The Hall–Kier alpha value is -0.0800. The van der Waals surface area contributed by atoms with Crippen molar-refractivity contribution in [3.05, 3.63) is 7.11 Å². The second-order valence-electron chi connectivity index (χ2n) is 2.62. The summed E-state index contributed by atoms with van der Waals surface area (Å²) in [5, 5.41) is 3.33. The van der Waals surface area contributed by atoms with Crippen LogP contribution in [0.4, 0.5) is 0 Å². The molecule has 0 saturated carbocycles. The molecule has 1 atom stereocenters. The zero-order valence-corrected chi connectivity index (χ0v) is 5.77. The Morgan fingerprint density at radius 1 is 1.67 bits per heavy atom. The van der Waals surface area contributed by atoms with E-state index in [1.807, 2.05) is 0 Å². The number of nitrogens with one attached hydrogen (secondary N) is 1. The maximum Gasteiger partial charge on any atom is 0.123 e. The standard InChI is InChI=1S/C7H15NO/c1-9-6-7-3-2-4-8-5-7/h7-9H,1-6H2. The zero-order chi connectivity index (χ0) is 6.53. The molecule has 1 rings (SSSR count). The van der Waals surface area contributed by atoms with Crippen molar-refractivity contribution < 1.29 is 4.74 Å².